The fourth-order valence-electron chi connectivity index (χ4n) is 1.02. The summed E-state index contributed by atoms with van der Waals surface area (Å²) in [5.41, 5.74) is 5.96. The first-order valence-corrected chi connectivity index (χ1v) is 6.04. The van der Waals surface area contributed by atoms with E-state index >= 15 is 0 Å². The maximum atomic E-state index is 12.9. The lowest BCUT2D eigenvalue weighted by Gasteiger charge is -2.07. The Bertz CT molecular complexity index is 389. The van der Waals surface area contributed by atoms with Crippen LogP contribution in [-0.4, -0.2) is 22.9 Å². The number of halogens is 2. The Balaban J connectivity index is 2.48. The summed E-state index contributed by atoms with van der Waals surface area (Å²) in [7, 11) is 0. The number of nitrogens with two attached hydrogens (primary N) is 1. The fourth-order valence-corrected chi connectivity index (χ4v) is 2.26. The molecule has 1 aromatic carbocycles. The molecule has 0 amide bonds. The predicted octanol–water partition coefficient (Wildman–Crippen LogP) is 2.12. The van der Waals surface area contributed by atoms with E-state index in [2.05, 4.69) is 0 Å². The number of rotatable bonds is 5. The Kier molecular flexibility index (Phi) is 5.05. The molecule has 0 aliphatic heterocycles. The lowest BCUT2D eigenvalue weighted by molar-refractivity contribution is -0.137. The van der Waals surface area contributed by atoms with Gasteiger partial charge in [0.2, 0.25) is 0 Å². The first kappa shape index (κ1) is 13.3. The molecule has 16 heavy (non-hydrogen) atoms. The highest BCUT2D eigenvalue weighted by atomic mass is 35.5. The number of hydrogen-bond acceptors (Lipinski definition) is 3. The van der Waals surface area contributed by atoms with E-state index in [1.54, 1.807) is 0 Å². The van der Waals surface area contributed by atoms with Gasteiger partial charge < -0.3 is 10.8 Å². The molecule has 1 atom stereocenters. The van der Waals surface area contributed by atoms with Gasteiger partial charge >= 0.3 is 5.97 Å². The Morgan fingerprint density at radius 1 is 1.62 bits per heavy atom. The minimum atomic E-state index is -1.04. The summed E-state index contributed by atoms with van der Waals surface area (Å²) in [6.45, 7) is 0. The molecule has 0 aromatic heterocycles. The normalized spacial score (nSPS) is 12.4. The highest BCUT2D eigenvalue weighted by molar-refractivity contribution is 7.98. The van der Waals surface area contributed by atoms with Gasteiger partial charge in [0.1, 0.15) is 11.9 Å². The minimum absolute atomic E-state index is 0.266. The summed E-state index contributed by atoms with van der Waals surface area (Å²) in [5, 5.41) is 9.02. The number of aliphatic carboxylic acids is 1. The van der Waals surface area contributed by atoms with E-state index in [1.807, 2.05) is 0 Å². The van der Waals surface area contributed by atoms with Crippen molar-refractivity contribution in [2.24, 2.45) is 5.73 Å². The van der Waals surface area contributed by atoms with Crippen molar-refractivity contribution in [1.82, 2.24) is 0 Å². The number of thioether (sulfide) groups is 1. The standard InChI is InChI=1S/C10H11ClFNO2S/c11-8-2-1-7(12)3-6(8)4-16-5-9(13)10(14)15/h1-3,9H,4-5,13H2,(H,14,15)/t9-/m0/s1. The molecule has 0 heterocycles. The first-order valence-electron chi connectivity index (χ1n) is 4.50. The largest absolute Gasteiger partial charge is 0.480 e. The van der Waals surface area contributed by atoms with Gasteiger partial charge in [-0.2, -0.15) is 11.8 Å². The minimum Gasteiger partial charge on any atom is -0.480 e. The summed E-state index contributed by atoms with van der Waals surface area (Å²) in [6, 6.07) is 3.18. The van der Waals surface area contributed by atoms with E-state index in [0.717, 1.165) is 0 Å². The van der Waals surface area contributed by atoms with Gasteiger partial charge in [-0.05, 0) is 23.8 Å². The molecule has 3 N–H and O–H groups in total. The second-order valence-corrected chi connectivity index (χ2v) is 4.63. The SMILES string of the molecule is N[C@@H](CSCc1cc(F)ccc1Cl)C(=O)O. The van der Waals surface area contributed by atoms with E-state index in [4.69, 9.17) is 22.4 Å². The zero-order valence-corrected chi connectivity index (χ0v) is 9.89. The highest BCUT2D eigenvalue weighted by Crippen LogP contribution is 2.22. The van der Waals surface area contributed by atoms with Crippen LogP contribution in [0.5, 0.6) is 0 Å². The van der Waals surface area contributed by atoms with Crippen molar-refractivity contribution in [1.29, 1.82) is 0 Å². The van der Waals surface area contributed by atoms with Gasteiger partial charge in [-0.3, -0.25) is 4.79 Å². The monoisotopic (exact) mass is 263 g/mol. The highest BCUT2D eigenvalue weighted by Gasteiger charge is 2.11. The summed E-state index contributed by atoms with van der Waals surface area (Å²) >= 11 is 7.16. The molecule has 0 saturated carbocycles. The Labute approximate surface area is 102 Å². The lowest BCUT2D eigenvalue weighted by Crippen LogP contribution is -2.32. The molecule has 0 spiro atoms. The lowest BCUT2D eigenvalue weighted by atomic mass is 10.2. The molecule has 0 unspecified atom stereocenters. The van der Waals surface area contributed by atoms with Crippen molar-refractivity contribution in [3.8, 4) is 0 Å². The van der Waals surface area contributed by atoms with E-state index < -0.39 is 12.0 Å². The van der Waals surface area contributed by atoms with E-state index in [0.29, 0.717) is 16.3 Å². The second-order valence-electron chi connectivity index (χ2n) is 3.20. The molecule has 0 radical (unpaired) electrons. The number of carbonyl (C=O) groups is 1. The van der Waals surface area contributed by atoms with Crippen molar-refractivity contribution < 1.29 is 14.3 Å². The van der Waals surface area contributed by atoms with Gasteiger partial charge in [0, 0.05) is 16.5 Å². The number of carboxylic acid groups (broad SMARTS) is 1. The van der Waals surface area contributed by atoms with Crippen LogP contribution in [0.15, 0.2) is 18.2 Å². The molecule has 3 nitrogen and oxygen atoms in total. The van der Waals surface area contributed by atoms with Gasteiger partial charge in [0.15, 0.2) is 0 Å². The smallest absolute Gasteiger partial charge is 0.321 e. The van der Waals surface area contributed by atoms with Gasteiger partial charge in [-0.15, -0.1) is 0 Å². The quantitative estimate of drug-likeness (QED) is 0.854. The van der Waals surface area contributed by atoms with Crippen LogP contribution >= 0.6 is 23.4 Å². The van der Waals surface area contributed by atoms with Crippen molar-refractivity contribution in [2.45, 2.75) is 11.8 Å². The van der Waals surface area contributed by atoms with Crippen LogP contribution in [0.2, 0.25) is 5.02 Å². The van der Waals surface area contributed by atoms with Crippen LogP contribution in [-0.2, 0) is 10.5 Å². The average Bonchev–Trinajstić information content (AvgIpc) is 2.22. The van der Waals surface area contributed by atoms with Gasteiger partial charge in [0.05, 0.1) is 0 Å². The Hall–Kier alpha value is -0.780. The first-order chi connectivity index (χ1) is 7.50. The fraction of sp³-hybridized carbons (Fsp3) is 0.300. The maximum absolute atomic E-state index is 12.9. The van der Waals surface area contributed by atoms with Crippen molar-refractivity contribution in [3.05, 3.63) is 34.6 Å². The average molecular weight is 264 g/mol. The van der Waals surface area contributed by atoms with Crippen molar-refractivity contribution in [3.63, 3.8) is 0 Å². The number of hydrogen-bond donors (Lipinski definition) is 2. The van der Waals surface area contributed by atoms with E-state index in [-0.39, 0.29) is 11.6 Å². The van der Waals surface area contributed by atoms with E-state index in [9.17, 15) is 9.18 Å². The summed E-state index contributed by atoms with van der Waals surface area (Å²) in [4.78, 5) is 10.4. The van der Waals surface area contributed by atoms with Crippen molar-refractivity contribution in [2.75, 3.05) is 5.75 Å². The molecule has 0 aliphatic rings. The van der Waals surface area contributed by atoms with Gasteiger partial charge in [-0.1, -0.05) is 11.6 Å². The molecule has 88 valence electrons. The van der Waals surface area contributed by atoms with Gasteiger partial charge in [0.25, 0.3) is 0 Å². The zero-order chi connectivity index (χ0) is 12.1. The molecule has 1 rings (SSSR count). The predicted molar refractivity (Wildman–Crippen MR) is 63.2 cm³/mol. The molecular weight excluding hydrogens is 253 g/mol. The van der Waals surface area contributed by atoms with Gasteiger partial charge in [-0.25, -0.2) is 4.39 Å². The molecular formula is C10H11ClFNO2S. The molecule has 0 aliphatic carbocycles. The third-order valence-corrected chi connectivity index (χ3v) is 3.36. The van der Waals surface area contributed by atoms with Crippen LogP contribution < -0.4 is 5.73 Å². The summed E-state index contributed by atoms with van der Waals surface area (Å²) in [6.07, 6.45) is 0. The van der Waals surface area contributed by atoms with Crippen LogP contribution in [0.25, 0.3) is 0 Å². The molecule has 0 fully saturated rings. The van der Waals surface area contributed by atoms with Crippen LogP contribution in [0, 0.1) is 5.82 Å². The third-order valence-electron chi connectivity index (χ3n) is 1.88. The maximum Gasteiger partial charge on any atom is 0.321 e. The topological polar surface area (TPSA) is 63.3 Å². The summed E-state index contributed by atoms with van der Waals surface area (Å²) in [5.74, 6) is -0.694. The zero-order valence-electron chi connectivity index (χ0n) is 8.32. The summed E-state index contributed by atoms with van der Waals surface area (Å²) < 4.78 is 12.9. The van der Waals surface area contributed by atoms with Crippen LogP contribution in [0.4, 0.5) is 4.39 Å². The molecule has 0 bridgehead atoms. The van der Waals surface area contributed by atoms with E-state index in [1.165, 1.54) is 30.0 Å². The number of benzene rings is 1. The molecule has 0 saturated heterocycles. The van der Waals surface area contributed by atoms with Crippen LogP contribution in [0.3, 0.4) is 0 Å². The molecule has 1 aromatic rings. The molecule has 6 heteroatoms. The van der Waals surface area contributed by atoms with Crippen molar-refractivity contribution >= 4 is 29.3 Å². The third kappa shape index (κ3) is 4.00. The Morgan fingerprint density at radius 3 is 2.94 bits per heavy atom. The Morgan fingerprint density at radius 2 is 2.31 bits per heavy atom. The second kappa shape index (κ2) is 6.08. The number of carboxylic acids is 1. The van der Waals surface area contributed by atoms with Crippen LogP contribution in [0.1, 0.15) is 5.56 Å².